The third kappa shape index (κ3) is 3.69. The van der Waals surface area contributed by atoms with Crippen molar-refractivity contribution in [3.05, 3.63) is 24.0 Å². The monoisotopic (exact) mass is 274 g/mol. The number of halogens is 1. The zero-order valence-corrected chi connectivity index (χ0v) is 10.8. The van der Waals surface area contributed by atoms with E-state index in [1.54, 1.807) is 0 Å². The molecule has 0 saturated heterocycles. The third-order valence-corrected chi connectivity index (χ3v) is 4.26. The number of rotatable bonds is 5. The average Bonchev–Trinajstić information content (AvgIpc) is 2.31. The van der Waals surface area contributed by atoms with Crippen molar-refractivity contribution in [3.63, 3.8) is 0 Å². The first-order valence-electron chi connectivity index (χ1n) is 5.35. The van der Waals surface area contributed by atoms with Crippen LogP contribution in [0.3, 0.4) is 0 Å². The normalized spacial score (nSPS) is 11.2. The SMILES string of the molecule is CNC(=O)CCCS(=O)(=O)c1cc(F)ccc1N. The maximum absolute atomic E-state index is 13.0. The summed E-state index contributed by atoms with van der Waals surface area (Å²) in [5.41, 5.74) is 5.52. The van der Waals surface area contributed by atoms with Gasteiger partial charge in [-0.05, 0) is 24.6 Å². The Kier molecular flexibility index (Phi) is 4.66. The van der Waals surface area contributed by atoms with Crippen LogP contribution in [-0.2, 0) is 14.6 Å². The summed E-state index contributed by atoms with van der Waals surface area (Å²) in [5.74, 6) is -1.14. The van der Waals surface area contributed by atoms with E-state index in [0.29, 0.717) is 0 Å². The largest absolute Gasteiger partial charge is 0.398 e. The number of carbonyl (C=O) groups is 1. The minimum Gasteiger partial charge on any atom is -0.398 e. The standard InChI is InChI=1S/C11H15FN2O3S/c1-14-11(15)3-2-6-18(16,17)10-7-8(12)4-5-9(10)13/h4-5,7H,2-3,6,13H2,1H3,(H,14,15). The van der Waals surface area contributed by atoms with Crippen LogP contribution in [-0.4, -0.2) is 27.1 Å². The van der Waals surface area contributed by atoms with Gasteiger partial charge in [0.25, 0.3) is 0 Å². The van der Waals surface area contributed by atoms with E-state index in [0.717, 1.165) is 12.1 Å². The van der Waals surface area contributed by atoms with Crippen molar-refractivity contribution >= 4 is 21.4 Å². The van der Waals surface area contributed by atoms with Crippen molar-refractivity contribution < 1.29 is 17.6 Å². The second-order valence-electron chi connectivity index (χ2n) is 3.78. The highest BCUT2D eigenvalue weighted by Gasteiger charge is 2.18. The van der Waals surface area contributed by atoms with Gasteiger partial charge in [-0.2, -0.15) is 0 Å². The molecule has 0 unspecified atom stereocenters. The summed E-state index contributed by atoms with van der Waals surface area (Å²) < 4.78 is 36.8. The Balaban J connectivity index is 2.80. The number of nitrogen functional groups attached to an aromatic ring is 1. The molecule has 1 rings (SSSR count). The molecule has 7 heteroatoms. The lowest BCUT2D eigenvalue weighted by Crippen LogP contribution is -2.19. The topological polar surface area (TPSA) is 89.3 Å². The molecule has 0 bridgehead atoms. The van der Waals surface area contributed by atoms with Gasteiger partial charge in [0, 0.05) is 13.5 Å². The number of carbonyl (C=O) groups excluding carboxylic acids is 1. The first-order valence-corrected chi connectivity index (χ1v) is 7.00. The van der Waals surface area contributed by atoms with Crippen molar-refractivity contribution in [2.24, 2.45) is 0 Å². The Morgan fingerprint density at radius 2 is 2.11 bits per heavy atom. The number of nitrogens with two attached hydrogens (primary N) is 1. The van der Waals surface area contributed by atoms with Crippen LogP contribution >= 0.6 is 0 Å². The zero-order chi connectivity index (χ0) is 13.8. The highest BCUT2D eigenvalue weighted by Crippen LogP contribution is 2.21. The molecule has 5 nitrogen and oxygen atoms in total. The molecule has 3 N–H and O–H groups in total. The van der Waals surface area contributed by atoms with Crippen LogP contribution in [0.25, 0.3) is 0 Å². The van der Waals surface area contributed by atoms with Gasteiger partial charge >= 0.3 is 0 Å². The highest BCUT2D eigenvalue weighted by molar-refractivity contribution is 7.91. The van der Waals surface area contributed by atoms with E-state index in [1.807, 2.05) is 0 Å². The Morgan fingerprint density at radius 1 is 1.44 bits per heavy atom. The molecule has 0 fully saturated rings. The van der Waals surface area contributed by atoms with E-state index in [-0.39, 0.29) is 35.1 Å². The fourth-order valence-electron chi connectivity index (χ4n) is 1.44. The Bertz CT molecular complexity index is 543. The quantitative estimate of drug-likeness (QED) is 0.774. The van der Waals surface area contributed by atoms with E-state index >= 15 is 0 Å². The van der Waals surface area contributed by atoms with Crippen molar-refractivity contribution in [2.75, 3.05) is 18.5 Å². The number of amides is 1. The number of anilines is 1. The van der Waals surface area contributed by atoms with Gasteiger partial charge in [-0.15, -0.1) is 0 Å². The van der Waals surface area contributed by atoms with Gasteiger partial charge < -0.3 is 11.1 Å². The first kappa shape index (κ1) is 14.4. The molecule has 0 saturated carbocycles. The molecule has 0 aliphatic heterocycles. The van der Waals surface area contributed by atoms with Gasteiger partial charge in [0.1, 0.15) is 5.82 Å². The molecule has 0 aliphatic carbocycles. The van der Waals surface area contributed by atoms with Crippen molar-refractivity contribution in [1.29, 1.82) is 0 Å². The second-order valence-corrected chi connectivity index (χ2v) is 5.86. The van der Waals surface area contributed by atoms with Crippen LogP contribution in [0.1, 0.15) is 12.8 Å². The van der Waals surface area contributed by atoms with Crippen LogP contribution in [0.15, 0.2) is 23.1 Å². The summed E-state index contributed by atoms with van der Waals surface area (Å²) in [4.78, 5) is 10.7. The lowest BCUT2D eigenvalue weighted by atomic mass is 10.3. The fourth-order valence-corrected chi connectivity index (χ4v) is 2.90. The summed E-state index contributed by atoms with van der Waals surface area (Å²) in [5, 5.41) is 2.39. The van der Waals surface area contributed by atoms with E-state index in [4.69, 9.17) is 5.73 Å². The van der Waals surface area contributed by atoms with E-state index in [2.05, 4.69) is 5.32 Å². The average molecular weight is 274 g/mol. The highest BCUT2D eigenvalue weighted by atomic mass is 32.2. The maximum Gasteiger partial charge on any atom is 0.219 e. The molecule has 0 radical (unpaired) electrons. The van der Waals surface area contributed by atoms with Gasteiger partial charge in [-0.1, -0.05) is 0 Å². The summed E-state index contributed by atoms with van der Waals surface area (Å²) in [7, 11) is -2.19. The summed E-state index contributed by atoms with van der Waals surface area (Å²) in [6.07, 6.45) is 0.267. The molecular formula is C11H15FN2O3S. The maximum atomic E-state index is 13.0. The van der Waals surface area contributed by atoms with Crippen molar-refractivity contribution in [3.8, 4) is 0 Å². The van der Waals surface area contributed by atoms with E-state index < -0.39 is 15.7 Å². The summed E-state index contributed by atoms with van der Waals surface area (Å²) >= 11 is 0. The van der Waals surface area contributed by atoms with Gasteiger partial charge in [0.15, 0.2) is 9.84 Å². The third-order valence-electron chi connectivity index (χ3n) is 2.41. The molecule has 1 amide bonds. The molecule has 1 aromatic rings. The van der Waals surface area contributed by atoms with Crippen LogP contribution in [0.4, 0.5) is 10.1 Å². The number of nitrogens with one attached hydrogen (secondary N) is 1. The van der Waals surface area contributed by atoms with Gasteiger partial charge in [-0.25, -0.2) is 12.8 Å². The predicted molar refractivity (Wildman–Crippen MR) is 66.2 cm³/mol. The Labute approximate surface area is 105 Å². The Hall–Kier alpha value is -1.63. The van der Waals surface area contributed by atoms with Crippen molar-refractivity contribution in [2.45, 2.75) is 17.7 Å². The Morgan fingerprint density at radius 3 is 2.72 bits per heavy atom. The van der Waals surface area contributed by atoms with Gasteiger partial charge in [0.2, 0.25) is 5.91 Å². The molecule has 0 heterocycles. The number of sulfone groups is 1. The first-order chi connectivity index (χ1) is 8.36. The molecular weight excluding hydrogens is 259 g/mol. The molecule has 1 aromatic carbocycles. The molecule has 0 aliphatic rings. The minimum atomic E-state index is -3.66. The summed E-state index contributed by atoms with van der Waals surface area (Å²) in [6.45, 7) is 0. The molecule has 0 aromatic heterocycles. The predicted octanol–water partition coefficient (Wildman–Crippen LogP) is 0.708. The number of hydrogen-bond donors (Lipinski definition) is 2. The smallest absolute Gasteiger partial charge is 0.219 e. The minimum absolute atomic E-state index is 0.0105. The molecule has 0 atom stereocenters. The van der Waals surface area contributed by atoms with Crippen LogP contribution in [0.2, 0.25) is 0 Å². The lowest BCUT2D eigenvalue weighted by Gasteiger charge is -2.07. The van der Waals surface area contributed by atoms with E-state index in [1.165, 1.54) is 13.1 Å². The van der Waals surface area contributed by atoms with Gasteiger partial charge in [0.05, 0.1) is 16.3 Å². The molecule has 100 valence electrons. The van der Waals surface area contributed by atoms with Crippen LogP contribution in [0, 0.1) is 5.82 Å². The lowest BCUT2D eigenvalue weighted by molar-refractivity contribution is -0.120. The summed E-state index contributed by atoms with van der Waals surface area (Å²) in [6, 6.07) is 3.20. The number of hydrogen-bond acceptors (Lipinski definition) is 4. The molecule has 18 heavy (non-hydrogen) atoms. The van der Waals surface area contributed by atoms with E-state index in [9.17, 15) is 17.6 Å². The fraction of sp³-hybridized carbons (Fsp3) is 0.364. The van der Waals surface area contributed by atoms with Crippen molar-refractivity contribution in [1.82, 2.24) is 5.32 Å². The molecule has 0 spiro atoms. The van der Waals surface area contributed by atoms with Gasteiger partial charge in [-0.3, -0.25) is 4.79 Å². The second kappa shape index (κ2) is 5.81. The zero-order valence-electron chi connectivity index (χ0n) is 9.94. The number of benzene rings is 1. The van der Waals surface area contributed by atoms with Crippen LogP contribution < -0.4 is 11.1 Å². The van der Waals surface area contributed by atoms with Crippen LogP contribution in [0.5, 0.6) is 0 Å².